The molecule has 0 radical (unpaired) electrons. The fourth-order valence-corrected chi connectivity index (χ4v) is 2.13. The summed E-state index contributed by atoms with van der Waals surface area (Å²) in [5.41, 5.74) is 3.41. The van der Waals surface area contributed by atoms with Crippen LogP contribution in [0.4, 0.5) is 0 Å². The SMILES string of the molecule is CCCC(C)c1ccc(CCC(C)(C)C)cc1. The van der Waals surface area contributed by atoms with Crippen LogP contribution in [0.15, 0.2) is 24.3 Å². The summed E-state index contributed by atoms with van der Waals surface area (Å²) in [7, 11) is 0. The molecule has 1 unspecified atom stereocenters. The van der Waals surface area contributed by atoms with Crippen molar-refractivity contribution in [2.75, 3.05) is 0 Å². The quantitative estimate of drug-likeness (QED) is 0.622. The van der Waals surface area contributed by atoms with E-state index in [1.165, 1.54) is 36.8 Å². The minimum atomic E-state index is 0.439. The molecule has 0 spiro atoms. The van der Waals surface area contributed by atoms with E-state index in [1.807, 2.05) is 0 Å². The maximum absolute atomic E-state index is 2.33. The first-order chi connectivity index (χ1) is 7.92. The van der Waals surface area contributed by atoms with Crippen LogP contribution in [0, 0.1) is 5.41 Å². The Bertz CT molecular complexity index is 313. The molecule has 17 heavy (non-hydrogen) atoms. The molecule has 1 aromatic carbocycles. The smallest absolute Gasteiger partial charge is 0.0190 e. The van der Waals surface area contributed by atoms with Gasteiger partial charge in [0.05, 0.1) is 0 Å². The molecule has 0 nitrogen and oxygen atoms in total. The highest BCUT2D eigenvalue weighted by atomic mass is 14.2. The highest BCUT2D eigenvalue weighted by Gasteiger charge is 2.10. The fraction of sp³-hybridized carbons (Fsp3) is 0.647. The van der Waals surface area contributed by atoms with Gasteiger partial charge in [0, 0.05) is 0 Å². The van der Waals surface area contributed by atoms with E-state index < -0.39 is 0 Å². The minimum Gasteiger partial charge on any atom is -0.0654 e. The molecule has 96 valence electrons. The Labute approximate surface area is 107 Å². The van der Waals surface area contributed by atoms with Gasteiger partial charge in [-0.2, -0.15) is 0 Å². The van der Waals surface area contributed by atoms with Gasteiger partial charge < -0.3 is 0 Å². The molecule has 0 N–H and O–H groups in total. The van der Waals surface area contributed by atoms with Crippen LogP contribution >= 0.6 is 0 Å². The summed E-state index contributed by atoms with van der Waals surface area (Å²) in [6.07, 6.45) is 5.02. The first-order valence-electron chi connectivity index (χ1n) is 7.01. The molecule has 0 aliphatic carbocycles. The molecule has 0 bridgehead atoms. The van der Waals surface area contributed by atoms with Crippen LogP contribution in [0.1, 0.15) is 70.9 Å². The minimum absolute atomic E-state index is 0.439. The molecule has 0 saturated heterocycles. The van der Waals surface area contributed by atoms with E-state index in [0.717, 1.165) is 0 Å². The van der Waals surface area contributed by atoms with Gasteiger partial charge in [-0.05, 0) is 41.7 Å². The maximum atomic E-state index is 2.33. The predicted molar refractivity (Wildman–Crippen MR) is 77.5 cm³/mol. The standard InChI is InChI=1S/C17H28/c1-6-7-14(2)16-10-8-15(9-11-16)12-13-17(3,4)5/h8-11,14H,6-7,12-13H2,1-5H3. The van der Waals surface area contributed by atoms with Gasteiger partial charge in [0.2, 0.25) is 0 Å². The molecule has 0 aliphatic heterocycles. The van der Waals surface area contributed by atoms with Crippen molar-refractivity contribution in [3.63, 3.8) is 0 Å². The summed E-state index contributed by atoms with van der Waals surface area (Å²) in [6.45, 7) is 11.5. The van der Waals surface area contributed by atoms with E-state index in [0.29, 0.717) is 11.3 Å². The van der Waals surface area contributed by atoms with E-state index in [2.05, 4.69) is 58.9 Å². The van der Waals surface area contributed by atoms with Gasteiger partial charge in [0.25, 0.3) is 0 Å². The number of hydrogen-bond acceptors (Lipinski definition) is 0. The van der Waals surface area contributed by atoms with Gasteiger partial charge in [-0.15, -0.1) is 0 Å². The molecular weight excluding hydrogens is 204 g/mol. The molecule has 0 aliphatic rings. The summed E-state index contributed by atoms with van der Waals surface area (Å²) >= 11 is 0. The van der Waals surface area contributed by atoms with Crippen LogP contribution < -0.4 is 0 Å². The topological polar surface area (TPSA) is 0 Å². The second-order valence-corrected chi connectivity index (χ2v) is 6.49. The van der Waals surface area contributed by atoms with Crippen molar-refractivity contribution in [3.8, 4) is 0 Å². The van der Waals surface area contributed by atoms with E-state index in [4.69, 9.17) is 0 Å². The van der Waals surface area contributed by atoms with E-state index in [1.54, 1.807) is 0 Å². The lowest BCUT2D eigenvalue weighted by atomic mass is 9.88. The number of rotatable bonds is 5. The molecule has 1 rings (SSSR count). The van der Waals surface area contributed by atoms with Gasteiger partial charge in [-0.3, -0.25) is 0 Å². The Balaban J connectivity index is 2.56. The summed E-state index contributed by atoms with van der Waals surface area (Å²) in [5.74, 6) is 0.705. The summed E-state index contributed by atoms with van der Waals surface area (Å²) in [6, 6.07) is 9.26. The van der Waals surface area contributed by atoms with Gasteiger partial charge in [-0.25, -0.2) is 0 Å². The lowest BCUT2D eigenvalue weighted by Crippen LogP contribution is -2.06. The van der Waals surface area contributed by atoms with Crippen LogP contribution in [0.5, 0.6) is 0 Å². The first kappa shape index (κ1) is 14.3. The van der Waals surface area contributed by atoms with Crippen molar-refractivity contribution in [1.82, 2.24) is 0 Å². The fourth-order valence-electron chi connectivity index (χ4n) is 2.13. The average molecular weight is 232 g/mol. The third-order valence-electron chi connectivity index (χ3n) is 3.43. The normalized spacial score (nSPS) is 13.7. The molecule has 0 saturated carbocycles. The van der Waals surface area contributed by atoms with Gasteiger partial charge >= 0.3 is 0 Å². The first-order valence-corrected chi connectivity index (χ1v) is 7.01. The monoisotopic (exact) mass is 232 g/mol. The number of benzene rings is 1. The third-order valence-corrected chi connectivity index (χ3v) is 3.43. The summed E-state index contributed by atoms with van der Waals surface area (Å²) in [4.78, 5) is 0. The Morgan fingerprint density at radius 3 is 2.12 bits per heavy atom. The summed E-state index contributed by atoms with van der Waals surface area (Å²) < 4.78 is 0. The lowest BCUT2D eigenvalue weighted by Gasteiger charge is -2.18. The van der Waals surface area contributed by atoms with Crippen molar-refractivity contribution in [3.05, 3.63) is 35.4 Å². The predicted octanol–water partition coefficient (Wildman–Crippen LogP) is 5.57. The Kier molecular flexibility index (Phi) is 5.24. The summed E-state index contributed by atoms with van der Waals surface area (Å²) in [5, 5.41) is 0. The molecule has 1 atom stereocenters. The van der Waals surface area contributed by atoms with Crippen molar-refractivity contribution < 1.29 is 0 Å². The third kappa shape index (κ3) is 5.39. The zero-order chi connectivity index (χ0) is 12.9. The Hall–Kier alpha value is -0.780. The van der Waals surface area contributed by atoms with Crippen molar-refractivity contribution in [1.29, 1.82) is 0 Å². The second-order valence-electron chi connectivity index (χ2n) is 6.49. The van der Waals surface area contributed by atoms with E-state index in [9.17, 15) is 0 Å². The van der Waals surface area contributed by atoms with Gasteiger partial charge in [0.1, 0.15) is 0 Å². The molecule has 0 aromatic heterocycles. The van der Waals surface area contributed by atoms with E-state index in [-0.39, 0.29) is 0 Å². The van der Waals surface area contributed by atoms with Crippen LogP contribution in [0.2, 0.25) is 0 Å². The molecule has 0 heterocycles. The maximum Gasteiger partial charge on any atom is -0.0190 e. The molecule has 0 amide bonds. The van der Waals surface area contributed by atoms with Gasteiger partial charge in [0.15, 0.2) is 0 Å². The zero-order valence-electron chi connectivity index (χ0n) is 12.2. The van der Waals surface area contributed by atoms with Crippen LogP contribution in [0.3, 0.4) is 0 Å². The molecule has 0 fully saturated rings. The zero-order valence-corrected chi connectivity index (χ0v) is 12.2. The molecular formula is C17H28. The number of hydrogen-bond donors (Lipinski definition) is 0. The Morgan fingerprint density at radius 2 is 1.65 bits per heavy atom. The second kappa shape index (κ2) is 6.23. The van der Waals surface area contributed by atoms with Gasteiger partial charge in [-0.1, -0.05) is 65.3 Å². The number of aryl methyl sites for hydroxylation is 1. The van der Waals surface area contributed by atoms with Crippen LogP contribution in [0.25, 0.3) is 0 Å². The lowest BCUT2D eigenvalue weighted by molar-refractivity contribution is 0.378. The van der Waals surface area contributed by atoms with Crippen LogP contribution in [-0.2, 0) is 6.42 Å². The highest BCUT2D eigenvalue weighted by Crippen LogP contribution is 2.24. The molecule has 1 aromatic rings. The largest absolute Gasteiger partial charge is 0.0654 e. The van der Waals surface area contributed by atoms with Crippen molar-refractivity contribution >= 4 is 0 Å². The van der Waals surface area contributed by atoms with Crippen molar-refractivity contribution in [2.45, 2.75) is 66.2 Å². The highest BCUT2D eigenvalue weighted by molar-refractivity contribution is 5.25. The average Bonchev–Trinajstić information content (AvgIpc) is 2.26. The molecule has 0 heteroatoms. The van der Waals surface area contributed by atoms with Crippen molar-refractivity contribution in [2.24, 2.45) is 5.41 Å². The van der Waals surface area contributed by atoms with Crippen LogP contribution in [-0.4, -0.2) is 0 Å². The van der Waals surface area contributed by atoms with E-state index >= 15 is 0 Å². The Morgan fingerprint density at radius 1 is 1.06 bits per heavy atom.